The van der Waals surface area contributed by atoms with Gasteiger partial charge in [0.05, 0.1) is 62.4 Å². The van der Waals surface area contributed by atoms with E-state index in [0.717, 1.165) is 58.8 Å². The number of hydrogen-bond acceptors (Lipinski definition) is 9. The van der Waals surface area contributed by atoms with E-state index in [1.807, 2.05) is 20.8 Å². The molecule has 0 aromatic heterocycles. The summed E-state index contributed by atoms with van der Waals surface area (Å²) >= 11 is 0. The van der Waals surface area contributed by atoms with E-state index in [1.54, 1.807) is 0 Å². The van der Waals surface area contributed by atoms with Crippen LogP contribution < -0.4 is 0 Å². The van der Waals surface area contributed by atoms with Gasteiger partial charge in [-0.05, 0) is 124 Å². The van der Waals surface area contributed by atoms with Gasteiger partial charge in [-0.25, -0.2) is 0 Å². The number of fused-ring (bicyclic) bond motifs is 4. The first-order valence-electron chi connectivity index (χ1n) is 21.5. The summed E-state index contributed by atoms with van der Waals surface area (Å²) in [5.74, 6) is 1.83. The molecule has 9 nitrogen and oxygen atoms in total. The van der Waals surface area contributed by atoms with Crippen LogP contribution in [-0.2, 0) is 23.7 Å². The Hall–Kier alpha value is -0.360. The zero-order valence-electron chi connectivity index (χ0n) is 34.0. The van der Waals surface area contributed by atoms with Gasteiger partial charge in [0, 0.05) is 37.2 Å². The number of hydrogen-bond donors (Lipinski definition) is 2. The first-order chi connectivity index (χ1) is 24.4. The van der Waals surface area contributed by atoms with Crippen molar-refractivity contribution in [2.75, 3.05) is 52.6 Å². The third-order valence-corrected chi connectivity index (χ3v) is 18.5. The van der Waals surface area contributed by atoms with Crippen LogP contribution in [0.4, 0.5) is 0 Å². The van der Waals surface area contributed by atoms with Gasteiger partial charge in [0.2, 0.25) is 0 Å². The normalized spacial score (nSPS) is 51.9. The lowest BCUT2D eigenvalue weighted by Crippen LogP contribution is -2.74. The summed E-state index contributed by atoms with van der Waals surface area (Å²) in [6.07, 6.45) is 8.04. The molecule has 4 aliphatic heterocycles. The number of ether oxygens (including phenoxy) is 5. The number of rotatable bonds is 8. The molecule has 0 bridgehead atoms. The molecule has 2 spiro atoms. The Kier molecular flexibility index (Phi) is 8.65. The van der Waals surface area contributed by atoms with Crippen molar-refractivity contribution in [2.45, 2.75) is 168 Å². The fraction of sp³-hybridized carbons (Fsp3) is 1.00. The molecule has 5 aliphatic carbocycles. The summed E-state index contributed by atoms with van der Waals surface area (Å²) in [7, 11) is 0. The van der Waals surface area contributed by atoms with Crippen molar-refractivity contribution in [1.82, 2.24) is 9.80 Å². The Labute approximate surface area is 314 Å². The third-order valence-electron chi connectivity index (χ3n) is 18.5. The molecule has 296 valence electrons. The van der Waals surface area contributed by atoms with Crippen LogP contribution in [0.5, 0.6) is 0 Å². The quantitative estimate of drug-likeness (QED) is 0.337. The minimum absolute atomic E-state index is 0.0175. The number of aliphatic hydroxyl groups is 2. The zero-order chi connectivity index (χ0) is 36.9. The lowest BCUT2D eigenvalue weighted by molar-refractivity contribution is -0.261. The molecule has 9 fully saturated rings. The molecule has 14 atom stereocenters. The highest BCUT2D eigenvalue weighted by atomic mass is 16.7. The van der Waals surface area contributed by atoms with Crippen LogP contribution in [0.25, 0.3) is 0 Å². The van der Waals surface area contributed by atoms with Crippen LogP contribution >= 0.6 is 0 Å². The Morgan fingerprint density at radius 3 is 2.35 bits per heavy atom. The van der Waals surface area contributed by atoms with Crippen LogP contribution in [0.1, 0.15) is 114 Å². The molecule has 9 heteroatoms. The van der Waals surface area contributed by atoms with Crippen molar-refractivity contribution in [3.63, 3.8) is 0 Å². The Balaban J connectivity index is 0.909. The monoisotopic (exact) mass is 729 g/mol. The van der Waals surface area contributed by atoms with Gasteiger partial charge in [-0.3, -0.25) is 9.80 Å². The van der Waals surface area contributed by atoms with Crippen molar-refractivity contribution in [3.05, 3.63) is 0 Å². The molecule has 9 rings (SSSR count). The Morgan fingerprint density at radius 2 is 1.67 bits per heavy atom. The summed E-state index contributed by atoms with van der Waals surface area (Å²) in [6, 6.07) is 0.612. The fourth-order valence-electron chi connectivity index (χ4n) is 15.8. The van der Waals surface area contributed by atoms with Crippen LogP contribution in [0, 0.1) is 50.7 Å². The van der Waals surface area contributed by atoms with E-state index >= 15 is 0 Å². The SMILES string of the molecule is CCO[C@@H]([C@H]1C[C@@H](C)[C@H]2[C@H](O1)[C@H](O)[C@@]1(C)[C@@H]3CC[C@H]4C(C)(C)[C@@H](O[C@H]5CN(C6(C)CN(C7COC7)C6)CCO5)CC[C@@]45C[C@@]35CC[C@]21C)C(C)(C)O. The topological polar surface area (TPSA) is 93.1 Å². The van der Waals surface area contributed by atoms with E-state index in [-0.39, 0.29) is 46.4 Å². The molecule has 0 unspecified atom stereocenters. The molecule has 0 amide bonds. The molecular weight excluding hydrogens is 656 g/mol. The fourth-order valence-corrected chi connectivity index (χ4v) is 15.8. The maximum absolute atomic E-state index is 12.7. The predicted octanol–water partition coefficient (Wildman–Crippen LogP) is 5.49. The first-order valence-corrected chi connectivity index (χ1v) is 21.5. The highest BCUT2D eigenvalue weighted by Crippen LogP contribution is 2.89. The van der Waals surface area contributed by atoms with E-state index in [2.05, 4.69) is 51.3 Å². The average Bonchev–Trinajstić information content (AvgIpc) is 3.67. The standard InChI is InChI=1S/C43H72N2O7/c1-10-49-36(38(5,6)47)28-19-26(2)33-34(51-28)35(46)41(9)30-12-11-29-37(3,4)31(13-14-42(29)23-43(30,42)16-15-40(33,41)8)52-32-20-45(17-18-50-32)39(7)24-44(25-39)27-21-48-22-27/h26-36,46-47H,10-25H2,1-9H3/t26-,28-,29+,30+,31+,32+,33+,34+,35+,36+,40-,41-,42-,43+/m1/s1. The molecule has 9 aliphatic rings. The van der Waals surface area contributed by atoms with Crippen molar-refractivity contribution < 1.29 is 33.9 Å². The molecule has 0 aromatic carbocycles. The average molecular weight is 729 g/mol. The molecule has 52 heavy (non-hydrogen) atoms. The Morgan fingerprint density at radius 1 is 0.962 bits per heavy atom. The van der Waals surface area contributed by atoms with E-state index in [9.17, 15) is 10.2 Å². The molecule has 2 N–H and O–H groups in total. The van der Waals surface area contributed by atoms with E-state index in [4.69, 9.17) is 23.7 Å². The minimum Gasteiger partial charge on any atom is -0.390 e. The van der Waals surface area contributed by atoms with Gasteiger partial charge in [-0.2, -0.15) is 0 Å². The maximum Gasteiger partial charge on any atom is 0.170 e. The number of aliphatic hydroxyl groups excluding tert-OH is 1. The lowest BCUT2D eigenvalue weighted by atomic mass is 9.41. The predicted molar refractivity (Wildman–Crippen MR) is 199 cm³/mol. The van der Waals surface area contributed by atoms with Gasteiger partial charge in [-0.1, -0.05) is 34.6 Å². The van der Waals surface area contributed by atoms with Gasteiger partial charge in [0.25, 0.3) is 0 Å². The third kappa shape index (κ3) is 4.91. The molecule has 4 saturated heterocycles. The maximum atomic E-state index is 12.7. The lowest BCUT2D eigenvalue weighted by Gasteiger charge is -2.64. The van der Waals surface area contributed by atoms with E-state index < -0.39 is 17.8 Å². The van der Waals surface area contributed by atoms with Crippen LogP contribution in [0.3, 0.4) is 0 Å². The van der Waals surface area contributed by atoms with Crippen molar-refractivity contribution in [3.8, 4) is 0 Å². The van der Waals surface area contributed by atoms with Crippen LogP contribution in [-0.4, -0.2) is 127 Å². The molecule has 0 aromatic rings. The molecule has 0 radical (unpaired) electrons. The summed E-state index contributed by atoms with van der Waals surface area (Å²) in [6.45, 7) is 27.6. The number of likely N-dealkylation sites (tertiary alicyclic amines) is 1. The zero-order valence-corrected chi connectivity index (χ0v) is 34.0. The van der Waals surface area contributed by atoms with Crippen LogP contribution in [0.15, 0.2) is 0 Å². The Bertz CT molecular complexity index is 1380. The van der Waals surface area contributed by atoms with Crippen molar-refractivity contribution in [2.24, 2.45) is 50.7 Å². The molecule has 4 heterocycles. The van der Waals surface area contributed by atoms with Gasteiger partial charge < -0.3 is 33.9 Å². The summed E-state index contributed by atoms with van der Waals surface area (Å²) in [4.78, 5) is 5.24. The minimum atomic E-state index is -1.01. The molecule has 5 saturated carbocycles. The van der Waals surface area contributed by atoms with Crippen LogP contribution in [0.2, 0.25) is 0 Å². The van der Waals surface area contributed by atoms with Crippen molar-refractivity contribution in [1.29, 1.82) is 0 Å². The number of nitrogens with zero attached hydrogens (tertiary/aromatic N) is 2. The smallest absolute Gasteiger partial charge is 0.170 e. The van der Waals surface area contributed by atoms with E-state index in [0.29, 0.717) is 47.2 Å². The molecular formula is C43H72N2O7. The summed E-state index contributed by atoms with van der Waals surface area (Å²) in [5.41, 5.74) is -0.281. The second-order valence-electron chi connectivity index (χ2n) is 21.5. The van der Waals surface area contributed by atoms with Gasteiger partial charge in [-0.15, -0.1) is 0 Å². The van der Waals surface area contributed by atoms with E-state index in [1.165, 1.54) is 38.5 Å². The van der Waals surface area contributed by atoms with Gasteiger partial charge in [0.1, 0.15) is 6.10 Å². The highest BCUT2D eigenvalue weighted by Gasteiger charge is 2.84. The van der Waals surface area contributed by atoms with Crippen molar-refractivity contribution >= 4 is 0 Å². The van der Waals surface area contributed by atoms with Gasteiger partial charge in [0.15, 0.2) is 6.29 Å². The second-order valence-corrected chi connectivity index (χ2v) is 21.5. The number of morpholine rings is 1. The van der Waals surface area contributed by atoms with Gasteiger partial charge >= 0.3 is 0 Å². The highest BCUT2D eigenvalue weighted by molar-refractivity contribution is 5.33. The second kappa shape index (κ2) is 12.1. The first kappa shape index (κ1) is 37.2. The summed E-state index contributed by atoms with van der Waals surface area (Å²) < 4.78 is 32.1. The largest absolute Gasteiger partial charge is 0.390 e. The summed E-state index contributed by atoms with van der Waals surface area (Å²) in [5, 5.41) is 23.8.